The zero-order valence-corrected chi connectivity index (χ0v) is 16.3. The molecule has 1 atom stereocenters. The molecular formula is C18H30N2O2Si. The molecule has 5 heteroatoms. The van der Waals surface area contributed by atoms with Crippen LogP contribution in [0.3, 0.4) is 0 Å². The summed E-state index contributed by atoms with van der Waals surface area (Å²) in [5, 5.41) is 3.27. The Morgan fingerprint density at radius 3 is 2.35 bits per heavy atom. The van der Waals surface area contributed by atoms with Crippen molar-refractivity contribution in [3.05, 3.63) is 30.3 Å². The van der Waals surface area contributed by atoms with E-state index in [9.17, 15) is 4.79 Å². The molecule has 0 radical (unpaired) electrons. The number of nitrogens with zero attached hydrogens (tertiary/aromatic N) is 1. The molecule has 1 unspecified atom stereocenters. The van der Waals surface area contributed by atoms with Gasteiger partial charge in [0, 0.05) is 12.3 Å². The largest absolute Gasteiger partial charge is 0.417 e. The number of amides is 2. The molecule has 0 spiro atoms. The zero-order valence-electron chi connectivity index (χ0n) is 15.3. The molecule has 1 N–H and O–H groups in total. The summed E-state index contributed by atoms with van der Waals surface area (Å²) in [4.78, 5) is 13.8. The number of urea groups is 1. The van der Waals surface area contributed by atoms with Crippen molar-refractivity contribution < 1.29 is 9.22 Å². The molecular weight excluding hydrogens is 304 g/mol. The highest BCUT2D eigenvalue weighted by Crippen LogP contribution is 2.37. The van der Waals surface area contributed by atoms with Crippen LogP contribution in [-0.2, 0) is 4.43 Å². The molecule has 0 saturated carbocycles. The van der Waals surface area contributed by atoms with Crippen molar-refractivity contribution in [3.63, 3.8) is 0 Å². The fourth-order valence-corrected chi connectivity index (χ4v) is 3.71. The number of para-hydroxylation sites is 1. The quantitative estimate of drug-likeness (QED) is 0.603. The summed E-state index contributed by atoms with van der Waals surface area (Å²) in [5.74, 6) is 0. The fourth-order valence-electron chi connectivity index (χ4n) is 2.63. The van der Waals surface area contributed by atoms with Gasteiger partial charge in [-0.05, 0) is 50.0 Å². The van der Waals surface area contributed by atoms with E-state index in [1.165, 1.54) is 0 Å². The molecule has 2 rings (SSSR count). The Hall–Kier alpha value is -1.33. The van der Waals surface area contributed by atoms with Gasteiger partial charge in [0.2, 0.25) is 0 Å². The molecule has 0 aliphatic carbocycles. The lowest BCUT2D eigenvalue weighted by Gasteiger charge is -2.51. The minimum atomic E-state index is -1.69. The van der Waals surface area contributed by atoms with Crippen LogP contribution in [-0.4, -0.2) is 26.6 Å². The number of carbonyl (C=O) groups excluding carboxylic acids is 1. The summed E-state index contributed by atoms with van der Waals surface area (Å²) in [6.07, 6.45) is 1.81. The Bertz CT molecular complexity index is 554. The van der Waals surface area contributed by atoms with E-state index in [-0.39, 0.29) is 16.7 Å². The molecule has 0 bridgehead atoms. The molecule has 1 aliphatic heterocycles. The smallest absolute Gasteiger partial charge is 0.325 e. The lowest BCUT2D eigenvalue weighted by molar-refractivity contribution is 0.180. The molecule has 1 aromatic carbocycles. The highest BCUT2D eigenvalue weighted by molar-refractivity contribution is 6.74. The van der Waals surface area contributed by atoms with Crippen LogP contribution in [0.2, 0.25) is 18.1 Å². The zero-order chi connectivity index (χ0) is 17.3. The van der Waals surface area contributed by atoms with Gasteiger partial charge in [-0.25, -0.2) is 4.79 Å². The van der Waals surface area contributed by atoms with Crippen molar-refractivity contribution in [2.75, 3.05) is 11.5 Å². The fraction of sp³-hybridized carbons (Fsp3) is 0.611. The second-order valence-corrected chi connectivity index (χ2v) is 12.9. The Kier molecular flexibility index (Phi) is 4.92. The second-order valence-electron chi connectivity index (χ2n) is 8.09. The molecule has 1 heterocycles. The van der Waals surface area contributed by atoms with E-state index in [4.69, 9.17) is 4.43 Å². The first-order valence-corrected chi connectivity index (χ1v) is 11.3. The molecule has 1 aliphatic rings. The lowest BCUT2D eigenvalue weighted by Crippen LogP contribution is -2.74. The normalized spacial score (nSPS) is 21.8. The molecule has 1 fully saturated rings. The van der Waals surface area contributed by atoms with Crippen LogP contribution in [0, 0.1) is 0 Å². The van der Waals surface area contributed by atoms with Crippen molar-refractivity contribution in [3.8, 4) is 0 Å². The van der Waals surface area contributed by atoms with Crippen LogP contribution in [0.25, 0.3) is 0 Å². The SMILES string of the molecule is CC1(CCCO[Si](C)(C)C(C)(C)C)NC(=O)N1c1ccccc1. The van der Waals surface area contributed by atoms with Gasteiger partial charge in [-0.15, -0.1) is 0 Å². The third kappa shape index (κ3) is 3.78. The van der Waals surface area contributed by atoms with Crippen molar-refractivity contribution in [1.82, 2.24) is 5.32 Å². The van der Waals surface area contributed by atoms with Crippen molar-refractivity contribution >= 4 is 20.0 Å². The van der Waals surface area contributed by atoms with Gasteiger partial charge in [0.1, 0.15) is 5.66 Å². The highest BCUT2D eigenvalue weighted by atomic mass is 28.4. The van der Waals surface area contributed by atoms with Crippen LogP contribution in [0.5, 0.6) is 0 Å². The third-order valence-corrected chi connectivity index (χ3v) is 9.70. The molecule has 1 aromatic rings. The van der Waals surface area contributed by atoms with Gasteiger partial charge in [-0.1, -0.05) is 39.0 Å². The predicted molar refractivity (Wildman–Crippen MR) is 98.2 cm³/mol. The number of nitrogens with one attached hydrogen (secondary N) is 1. The molecule has 23 heavy (non-hydrogen) atoms. The molecule has 2 amide bonds. The van der Waals surface area contributed by atoms with E-state index in [1.54, 1.807) is 0 Å². The van der Waals surface area contributed by atoms with Crippen molar-refractivity contribution in [1.29, 1.82) is 0 Å². The first kappa shape index (κ1) is 18.0. The monoisotopic (exact) mass is 334 g/mol. The van der Waals surface area contributed by atoms with Gasteiger partial charge in [-0.3, -0.25) is 4.90 Å². The van der Waals surface area contributed by atoms with Gasteiger partial charge in [-0.2, -0.15) is 0 Å². The van der Waals surface area contributed by atoms with Gasteiger partial charge < -0.3 is 9.74 Å². The number of benzene rings is 1. The van der Waals surface area contributed by atoms with Crippen LogP contribution < -0.4 is 10.2 Å². The van der Waals surface area contributed by atoms with Crippen LogP contribution in [0.4, 0.5) is 10.5 Å². The molecule has 128 valence electrons. The van der Waals surface area contributed by atoms with E-state index in [0.29, 0.717) is 0 Å². The first-order chi connectivity index (χ1) is 10.6. The Morgan fingerprint density at radius 2 is 1.83 bits per heavy atom. The summed E-state index contributed by atoms with van der Waals surface area (Å²) in [6.45, 7) is 14.1. The Labute approximate surface area is 141 Å². The summed E-state index contributed by atoms with van der Waals surface area (Å²) >= 11 is 0. The average molecular weight is 335 g/mol. The van der Waals surface area contributed by atoms with E-state index >= 15 is 0 Å². The number of anilines is 1. The minimum Gasteiger partial charge on any atom is -0.417 e. The maximum Gasteiger partial charge on any atom is 0.325 e. The van der Waals surface area contributed by atoms with Crippen LogP contribution in [0.15, 0.2) is 30.3 Å². The topological polar surface area (TPSA) is 41.6 Å². The maximum atomic E-state index is 12.0. The predicted octanol–water partition coefficient (Wildman–Crippen LogP) is 4.73. The Morgan fingerprint density at radius 1 is 1.22 bits per heavy atom. The maximum absolute atomic E-state index is 12.0. The highest BCUT2D eigenvalue weighted by Gasteiger charge is 2.47. The van der Waals surface area contributed by atoms with Gasteiger partial charge in [0.05, 0.1) is 0 Å². The summed E-state index contributed by atoms with van der Waals surface area (Å²) < 4.78 is 6.23. The summed E-state index contributed by atoms with van der Waals surface area (Å²) in [7, 11) is -1.69. The number of carbonyl (C=O) groups is 1. The Balaban J connectivity index is 1.89. The average Bonchev–Trinajstić information content (AvgIpc) is 2.43. The minimum absolute atomic E-state index is 0.0241. The van der Waals surface area contributed by atoms with E-state index < -0.39 is 8.32 Å². The number of hydrogen-bond acceptors (Lipinski definition) is 2. The van der Waals surface area contributed by atoms with Crippen molar-refractivity contribution in [2.45, 2.75) is 64.3 Å². The first-order valence-electron chi connectivity index (χ1n) is 8.38. The van der Waals surface area contributed by atoms with Crippen LogP contribution >= 0.6 is 0 Å². The van der Waals surface area contributed by atoms with Gasteiger partial charge in [0.15, 0.2) is 8.32 Å². The molecule has 4 nitrogen and oxygen atoms in total. The summed E-state index contributed by atoms with van der Waals surface area (Å²) in [5.41, 5.74) is 0.638. The van der Waals surface area contributed by atoms with Crippen molar-refractivity contribution in [2.24, 2.45) is 0 Å². The van der Waals surface area contributed by atoms with Crippen LogP contribution in [0.1, 0.15) is 40.5 Å². The van der Waals surface area contributed by atoms with E-state index in [0.717, 1.165) is 25.1 Å². The third-order valence-electron chi connectivity index (χ3n) is 5.16. The van der Waals surface area contributed by atoms with Gasteiger partial charge in [0.25, 0.3) is 0 Å². The van der Waals surface area contributed by atoms with E-state index in [1.807, 2.05) is 35.2 Å². The molecule has 1 saturated heterocycles. The standard InChI is InChI=1S/C18H30N2O2Si/c1-17(2,3)23(5,6)22-14-10-13-18(4)19-16(21)20(18)15-11-8-7-9-12-15/h7-9,11-12H,10,13-14H2,1-6H3,(H,19,21). The summed E-state index contributed by atoms with van der Waals surface area (Å²) in [6, 6.07) is 9.81. The lowest BCUT2D eigenvalue weighted by atomic mass is 9.99. The number of rotatable bonds is 6. The second kappa shape index (κ2) is 6.28. The van der Waals surface area contributed by atoms with Gasteiger partial charge >= 0.3 is 6.03 Å². The van der Waals surface area contributed by atoms with E-state index in [2.05, 4.69) is 46.1 Å². The number of hydrogen-bond donors (Lipinski definition) is 1. The molecule has 0 aromatic heterocycles.